The number of hydrogen-bond acceptors (Lipinski definition) is 10. The molecule has 0 saturated carbocycles. The molecule has 0 radical (unpaired) electrons. The molecule has 9 nitrogen and oxygen atoms in total. The Morgan fingerprint density at radius 1 is 0.840 bits per heavy atom. The molecule has 11 heteroatoms. The number of rotatable bonds is 6. The molecule has 0 aromatic heterocycles. The maximum absolute atomic E-state index is 11.5. The number of ether oxygens (including phenoxy) is 5. The van der Waals surface area contributed by atoms with Crippen molar-refractivity contribution in [3.8, 4) is 0 Å². The fourth-order valence-corrected chi connectivity index (χ4v) is 3.66. The monoisotopic (exact) mass is 442 g/mol. The Labute approximate surface area is 156 Å². The fourth-order valence-electron chi connectivity index (χ4n) is 2.26. The summed E-state index contributed by atoms with van der Waals surface area (Å²) in [6, 6.07) is 0. The number of carbonyl (C=O) groups excluding carboxylic acids is 4. The minimum Gasteiger partial charge on any atom is -0.463 e. The van der Waals surface area contributed by atoms with Crippen molar-refractivity contribution in [2.75, 3.05) is 6.61 Å². The number of hydrogen-bond donors (Lipinski definition) is 0. The lowest BCUT2D eigenvalue weighted by atomic mass is 9.99. The van der Waals surface area contributed by atoms with Crippen LogP contribution in [0.1, 0.15) is 27.7 Å². The van der Waals surface area contributed by atoms with E-state index in [1.54, 1.807) is 0 Å². The van der Waals surface area contributed by atoms with Gasteiger partial charge in [0, 0.05) is 27.7 Å². The van der Waals surface area contributed by atoms with Crippen molar-refractivity contribution in [1.82, 2.24) is 0 Å². The molecule has 1 heterocycles. The lowest BCUT2D eigenvalue weighted by Crippen LogP contribution is -2.61. The molecule has 0 aromatic carbocycles. The first-order chi connectivity index (χ1) is 11.6. The molecule has 0 aromatic rings. The fraction of sp³-hybridized carbons (Fsp3) is 0.714. The van der Waals surface area contributed by atoms with Crippen LogP contribution in [-0.4, -0.2) is 60.3 Å². The summed E-state index contributed by atoms with van der Waals surface area (Å²) in [7, 11) is 1.03. The van der Waals surface area contributed by atoms with Gasteiger partial charge >= 0.3 is 23.9 Å². The minimum absolute atomic E-state index is 0.234. The van der Waals surface area contributed by atoms with Gasteiger partial charge in [0.1, 0.15) is 12.7 Å². The van der Waals surface area contributed by atoms with E-state index in [-0.39, 0.29) is 6.61 Å². The van der Waals surface area contributed by atoms with Crippen molar-refractivity contribution < 1.29 is 42.9 Å². The predicted octanol–water partition coefficient (Wildman–Crippen LogP) is 1.11. The van der Waals surface area contributed by atoms with E-state index in [0.29, 0.717) is 0 Å². The van der Waals surface area contributed by atoms with Crippen molar-refractivity contribution in [1.29, 1.82) is 0 Å². The maximum atomic E-state index is 11.5. The largest absolute Gasteiger partial charge is 0.463 e. The minimum atomic E-state index is -1.13. The second kappa shape index (κ2) is 9.97. The first kappa shape index (κ1) is 21.7. The zero-order valence-electron chi connectivity index (χ0n) is 14.1. The van der Waals surface area contributed by atoms with Gasteiger partial charge in [0.15, 0.2) is 23.7 Å². The lowest BCUT2D eigenvalue weighted by Gasteiger charge is -2.43. The summed E-state index contributed by atoms with van der Waals surface area (Å²) in [5.74, 6) is -2.51. The van der Waals surface area contributed by atoms with E-state index in [1.807, 2.05) is 0 Å². The van der Waals surface area contributed by atoms with Crippen LogP contribution in [0.5, 0.6) is 0 Å². The Morgan fingerprint density at radius 3 is 1.76 bits per heavy atom. The third-order valence-electron chi connectivity index (χ3n) is 3.04. The van der Waals surface area contributed by atoms with E-state index in [9.17, 15) is 19.2 Å². The van der Waals surface area contributed by atoms with Gasteiger partial charge in [-0.1, -0.05) is 0 Å². The summed E-state index contributed by atoms with van der Waals surface area (Å²) in [5.41, 5.74) is -0.791. The molecule has 1 fully saturated rings. The Balaban J connectivity index is 3.18. The van der Waals surface area contributed by atoms with Crippen molar-refractivity contribution in [2.45, 2.75) is 57.5 Å². The van der Waals surface area contributed by atoms with Gasteiger partial charge in [0.05, 0.1) is 0 Å². The van der Waals surface area contributed by atoms with Crippen LogP contribution in [0.25, 0.3) is 0 Å². The maximum Gasteiger partial charge on any atom is 0.303 e. The second-order valence-electron chi connectivity index (χ2n) is 5.16. The van der Waals surface area contributed by atoms with Gasteiger partial charge < -0.3 is 23.7 Å². The Bertz CT molecular complexity index is 526. The Hall–Kier alpha value is -1.33. The highest BCUT2D eigenvalue weighted by Crippen LogP contribution is 2.36. The Kier molecular flexibility index (Phi) is 8.66. The van der Waals surface area contributed by atoms with Gasteiger partial charge in [0.2, 0.25) is 0 Å². The van der Waals surface area contributed by atoms with Crippen LogP contribution in [0.15, 0.2) is 0 Å². The van der Waals surface area contributed by atoms with Gasteiger partial charge in [0.25, 0.3) is 0 Å². The van der Waals surface area contributed by atoms with Crippen LogP contribution >= 0.6 is 25.0 Å². The van der Waals surface area contributed by atoms with Gasteiger partial charge in [-0.25, -0.2) is 0 Å². The molecule has 0 spiro atoms. The molecule has 25 heavy (non-hydrogen) atoms. The second-order valence-corrected chi connectivity index (χ2v) is 6.92. The highest BCUT2D eigenvalue weighted by Gasteiger charge is 2.52. The smallest absolute Gasteiger partial charge is 0.303 e. The Morgan fingerprint density at radius 2 is 1.32 bits per heavy atom. The molecule has 1 aliphatic rings. The van der Waals surface area contributed by atoms with Crippen molar-refractivity contribution >= 4 is 48.9 Å². The van der Waals surface area contributed by atoms with Crippen LogP contribution in [-0.2, 0) is 42.9 Å². The molecular weight excluding hydrogens is 424 g/mol. The molecule has 5 atom stereocenters. The molecule has 1 aliphatic heterocycles. The quantitative estimate of drug-likeness (QED) is 0.437. The zero-order valence-corrected chi connectivity index (χ0v) is 16.5. The first-order valence-electron chi connectivity index (χ1n) is 7.23. The van der Waals surface area contributed by atoms with Gasteiger partial charge in [-0.2, -0.15) is 0 Å². The first-order valence-corrected chi connectivity index (χ1v) is 9.95. The van der Waals surface area contributed by atoms with E-state index >= 15 is 0 Å². The number of carbonyl (C=O) groups is 4. The average molecular weight is 443 g/mol. The summed E-state index contributed by atoms with van der Waals surface area (Å²) in [6.07, 6.45) is -4.21. The third-order valence-corrected chi connectivity index (χ3v) is 4.70. The third kappa shape index (κ3) is 6.83. The predicted molar refractivity (Wildman–Crippen MR) is 88.5 cm³/mol. The van der Waals surface area contributed by atoms with Gasteiger partial charge in [-0.15, -0.1) is 0 Å². The van der Waals surface area contributed by atoms with E-state index in [4.69, 9.17) is 23.7 Å². The molecule has 0 N–H and O–H groups in total. The summed E-state index contributed by atoms with van der Waals surface area (Å²) in [6.45, 7) is 4.50. The van der Waals surface area contributed by atoms with E-state index < -0.39 is 53.7 Å². The van der Waals surface area contributed by atoms with E-state index in [1.165, 1.54) is 27.7 Å². The van der Waals surface area contributed by atoms with Gasteiger partial charge in [-0.3, -0.25) is 19.2 Å². The van der Waals surface area contributed by atoms with E-state index in [0.717, 1.165) is 10.2 Å². The standard InChI is InChI=1S/C14H19BrO9S/c1-6(16)20-5-10-11(21-7(2)17)12(22-8(3)18)13(23-9(4)19)14(24-10)25-15/h10-14H,5H2,1-4H3/t10-,11-,12+,13-,14+/m1/s1. The summed E-state index contributed by atoms with van der Waals surface area (Å²) in [4.78, 5) is 45.4. The average Bonchev–Trinajstić information content (AvgIpc) is 2.48. The summed E-state index contributed by atoms with van der Waals surface area (Å²) >= 11 is 3.16. The van der Waals surface area contributed by atoms with Gasteiger partial charge in [-0.05, 0) is 25.0 Å². The normalized spacial score (nSPS) is 28.6. The number of halogens is 1. The molecule has 0 unspecified atom stereocenters. The molecule has 1 saturated heterocycles. The van der Waals surface area contributed by atoms with Crippen LogP contribution in [0, 0.1) is 0 Å². The van der Waals surface area contributed by atoms with Crippen LogP contribution in [0.4, 0.5) is 0 Å². The molecule has 1 rings (SSSR count). The van der Waals surface area contributed by atoms with Crippen LogP contribution in [0.2, 0.25) is 0 Å². The molecule has 142 valence electrons. The van der Waals surface area contributed by atoms with Crippen LogP contribution < -0.4 is 0 Å². The van der Waals surface area contributed by atoms with E-state index in [2.05, 4.69) is 14.8 Å². The highest BCUT2D eigenvalue weighted by molar-refractivity contribution is 9.50. The molecule has 0 amide bonds. The molecule has 0 aliphatic carbocycles. The molecule has 0 bridgehead atoms. The van der Waals surface area contributed by atoms with Crippen molar-refractivity contribution in [3.63, 3.8) is 0 Å². The van der Waals surface area contributed by atoms with Crippen molar-refractivity contribution in [2.24, 2.45) is 0 Å². The number of esters is 4. The SMILES string of the molecule is CC(=O)OC[C@H]1O[C@@H](SBr)[C@H](OC(C)=O)[C@@H](OC(C)=O)[C@@H]1OC(C)=O. The summed E-state index contributed by atoms with van der Waals surface area (Å²) < 4.78 is 26.3. The zero-order chi connectivity index (χ0) is 19.1. The topological polar surface area (TPSA) is 114 Å². The summed E-state index contributed by atoms with van der Waals surface area (Å²) in [5, 5.41) is 0. The van der Waals surface area contributed by atoms with Crippen LogP contribution in [0.3, 0.4) is 0 Å². The lowest BCUT2D eigenvalue weighted by molar-refractivity contribution is -0.237. The molecular formula is C14H19BrO9S. The highest BCUT2D eigenvalue weighted by atomic mass is 79.9. The van der Waals surface area contributed by atoms with Crippen molar-refractivity contribution in [3.05, 3.63) is 0 Å².